The zero-order chi connectivity index (χ0) is 14.2. The summed E-state index contributed by atoms with van der Waals surface area (Å²) in [6, 6.07) is 4.24. The van der Waals surface area contributed by atoms with E-state index in [1.165, 1.54) is 18.2 Å². The summed E-state index contributed by atoms with van der Waals surface area (Å²) >= 11 is 3.34. The Kier molecular flexibility index (Phi) is 3.85. The highest BCUT2D eigenvalue weighted by Crippen LogP contribution is 2.24. The van der Waals surface area contributed by atoms with Gasteiger partial charge >= 0.3 is 0 Å². The van der Waals surface area contributed by atoms with Crippen molar-refractivity contribution in [2.75, 3.05) is 0 Å². The van der Waals surface area contributed by atoms with Crippen LogP contribution in [0.5, 0.6) is 0 Å². The van der Waals surface area contributed by atoms with Crippen LogP contribution in [0.25, 0.3) is 0 Å². The topological polar surface area (TPSA) is 34.9 Å². The van der Waals surface area contributed by atoms with Gasteiger partial charge in [-0.2, -0.15) is 5.10 Å². The van der Waals surface area contributed by atoms with Gasteiger partial charge < -0.3 is 0 Å². The Balaban J connectivity index is 2.53. The molecule has 5 heteroatoms. The minimum absolute atomic E-state index is 0.0750. The number of ketones is 1. The van der Waals surface area contributed by atoms with Crippen molar-refractivity contribution in [2.24, 2.45) is 0 Å². The van der Waals surface area contributed by atoms with Crippen LogP contribution in [0.1, 0.15) is 41.5 Å². The molecule has 1 aromatic carbocycles. The second-order valence-electron chi connectivity index (χ2n) is 4.67. The standard InChI is InChI=1S/C14H14BrFN2O/c1-8(2)18-13(12(15)7-17-18)14(19)11-5-4-10(16)6-9(11)3/h4-8H,1-3H3. The lowest BCUT2D eigenvalue weighted by Crippen LogP contribution is -2.14. The fourth-order valence-electron chi connectivity index (χ4n) is 1.95. The molecule has 100 valence electrons. The molecule has 0 aliphatic heterocycles. The lowest BCUT2D eigenvalue weighted by molar-refractivity contribution is 0.102. The van der Waals surface area contributed by atoms with Crippen molar-refractivity contribution < 1.29 is 9.18 Å². The molecule has 0 spiro atoms. The zero-order valence-corrected chi connectivity index (χ0v) is 12.5. The smallest absolute Gasteiger partial charge is 0.212 e. The molecular formula is C14H14BrFN2O. The van der Waals surface area contributed by atoms with Gasteiger partial charge in [-0.15, -0.1) is 0 Å². The number of nitrogens with zero attached hydrogens (tertiary/aromatic N) is 2. The number of halogens is 2. The molecule has 3 nitrogen and oxygen atoms in total. The van der Waals surface area contributed by atoms with Crippen LogP contribution in [0.4, 0.5) is 4.39 Å². The zero-order valence-electron chi connectivity index (χ0n) is 10.9. The maximum atomic E-state index is 13.1. The van der Waals surface area contributed by atoms with Gasteiger partial charge in [-0.3, -0.25) is 9.48 Å². The molecule has 0 saturated heterocycles. The van der Waals surface area contributed by atoms with Gasteiger partial charge in [-0.1, -0.05) is 0 Å². The normalized spacial score (nSPS) is 11.1. The highest BCUT2D eigenvalue weighted by atomic mass is 79.9. The Morgan fingerprint density at radius 1 is 1.42 bits per heavy atom. The second kappa shape index (κ2) is 5.25. The highest BCUT2D eigenvalue weighted by molar-refractivity contribution is 9.10. The van der Waals surface area contributed by atoms with Crippen LogP contribution in [-0.4, -0.2) is 15.6 Å². The van der Waals surface area contributed by atoms with Crippen LogP contribution in [-0.2, 0) is 0 Å². The quantitative estimate of drug-likeness (QED) is 0.802. The van der Waals surface area contributed by atoms with Gasteiger partial charge in [-0.25, -0.2) is 4.39 Å². The summed E-state index contributed by atoms with van der Waals surface area (Å²) in [5, 5.41) is 4.18. The van der Waals surface area contributed by atoms with Gasteiger partial charge in [0, 0.05) is 11.6 Å². The SMILES string of the molecule is Cc1cc(F)ccc1C(=O)c1c(Br)cnn1C(C)C. The summed E-state index contributed by atoms with van der Waals surface area (Å²) in [5.41, 5.74) is 1.60. The van der Waals surface area contributed by atoms with E-state index in [2.05, 4.69) is 21.0 Å². The van der Waals surface area contributed by atoms with Gasteiger partial charge in [0.25, 0.3) is 0 Å². The van der Waals surface area contributed by atoms with Gasteiger partial charge in [0.2, 0.25) is 5.78 Å². The molecule has 1 heterocycles. The molecule has 0 aliphatic rings. The third-order valence-corrected chi connectivity index (χ3v) is 3.47. The Morgan fingerprint density at radius 2 is 2.11 bits per heavy atom. The fourth-order valence-corrected chi connectivity index (χ4v) is 2.41. The molecule has 0 atom stereocenters. The van der Waals surface area contributed by atoms with Crippen molar-refractivity contribution >= 4 is 21.7 Å². The minimum atomic E-state index is -0.342. The van der Waals surface area contributed by atoms with Gasteiger partial charge in [0.15, 0.2) is 0 Å². The molecule has 0 radical (unpaired) electrons. The van der Waals surface area contributed by atoms with Crippen molar-refractivity contribution in [3.63, 3.8) is 0 Å². The summed E-state index contributed by atoms with van der Waals surface area (Å²) < 4.78 is 15.4. The third kappa shape index (κ3) is 2.61. The van der Waals surface area contributed by atoms with E-state index in [0.717, 1.165) is 0 Å². The molecule has 19 heavy (non-hydrogen) atoms. The van der Waals surface area contributed by atoms with Crippen LogP contribution in [0.3, 0.4) is 0 Å². The Morgan fingerprint density at radius 3 is 2.68 bits per heavy atom. The van der Waals surface area contributed by atoms with E-state index < -0.39 is 0 Å². The van der Waals surface area contributed by atoms with Crippen LogP contribution in [0.15, 0.2) is 28.9 Å². The number of aromatic nitrogens is 2. The van der Waals surface area contributed by atoms with E-state index in [4.69, 9.17) is 0 Å². The van der Waals surface area contributed by atoms with Crippen LogP contribution in [0, 0.1) is 12.7 Å². The van der Waals surface area contributed by atoms with E-state index in [1.807, 2.05) is 13.8 Å². The average Bonchev–Trinajstić information content (AvgIpc) is 2.70. The average molecular weight is 325 g/mol. The maximum absolute atomic E-state index is 13.1. The summed E-state index contributed by atoms with van der Waals surface area (Å²) in [6.07, 6.45) is 1.60. The van der Waals surface area contributed by atoms with E-state index in [1.54, 1.807) is 17.8 Å². The second-order valence-corrected chi connectivity index (χ2v) is 5.52. The molecular weight excluding hydrogens is 311 g/mol. The largest absolute Gasteiger partial charge is 0.287 e. The first kappa shape index (κ1) is 13.9. The first-order valence-electron chi connectivity index (χ1n) is 5.95. The fraction of sp³-hybridized carbons (Fsp3) is 0.286. The van der Waals surface area contributed by atoms with Crippen molar-refractivity contribution in [3.05, 3.63) is 51.5 Å². The highest BCUT2D eigenvalue weighted by Gasteiger charge is 2.21. The van der Waals surface area contributed by atoms with E-state index in [9.17, 15) is 9.18 Å². The van der Waals surface area contributed by atoms with E-state index in [-0.39, 0.29) is 17.6 Å². The lowest BCUT2D eigenvalue weighted by atomic mass is 10.0. The number of benzene rings is 1. The Bertz CT molecular complexity index is 634. The molecule has 0 saturated carbocycles. The molecule has 0 N–H and O–H groups in total. The van der Waals surface area contributed by atoms with Crippen LogP contribution >= 0.6 is 15.9 Å². The molecule has 0 bridgehead atoms. The first-order valence-corrected chi connectivity index (χ1v) is 6.75. The number of rotatable bonds is 3. The van der Waals surface area contributed by atoms with E-state index in [0.29, 0.717) is 21.3 Å². The number of carbonyl (C=O) groups is 1. The molecule has 1 aromatic heterocycles. The van der Waals surface area contributed by atoms with Crippen molar-refractivity contribution in [2.45, 2.75) is 26.8 Å². The molecule has 0 aliphatic carbocycles. The first-order chi connectivity index (χ1) is 8.91. The number of carbonyl (C=O) groups excluding carboxylic acids is 1. The van der Waals surface area contributed by atoms with Crippen molar-refractivity contribution in [1.82, 2.24) is 9.78 Å². The maximum Gasteiger partial charge on any atom is 0.212 e. The summed E-state index contributed by atoms with van der Waals surface area (Å²) in [5.74, 6) is -0.499. The molecule has 0 fully saturated rings. The molecule has 0 unspecified atom stereocenters. The van der Waals surface area contributed by atoms with Gasteiger partial charge in [-0.05, 0) is 60.5 Å². The monoisotopic (exact) mass is 324 g/mol. The number of hydrogen-bond acceptors (Lipinski definition) is 2. The van der Waals surface area contributed by atoms with E-state index >= 15 is 0 Å². The number of aryl methyl sites for hydroxylation is 1. The Labute approximate surface area is 119 Å². The Hall–Kier alpha value is -1.49. The van der Waals surface area contributed by atoms with Gasteiger partial charge in [0.05, 0.1) is 10.7 Å². The van der Waals surface area contributed by atoms with Crippen molar-refractivity contribution in [3.8, 4) is 0 Å². The predicted octanol–water partition coefficient (Wildman–Crippen LogP) is 3.91. The molecule has 2 rings (SSSR count). The summed E-state index contributed by atoms with van der Waals surface area (Å²) in [6.45, 7) is 5.63. The minimum Gasteiger partial charge on any atom is -0.287 e. The third-order valence-electron chi connectivity index (χ3n) is 2.89. The van der Waals surface area contributed by atoms with Gasteiger partial charge in [0.1, 0.15) is 11.5 Å². The summed E-state index contributed by atoms with van der Waals surface area (Å²) in [7, 11) is 0. The molecule has 0 amide bonds. The van der Waals surface area contributed by atoms with Crippen LogP contribution < -0.4 is 0 Å². The molecule has 2 aromatic rings. The van der Waals surface area contributed by atoms with Crippen LogP contribution in [0.2, 0.25) is 0 Å². The van der Waals surface area contributed by atoms with Crippen molar-refractivity contribution in [1.29, 1.82) is 0 Å². The summed E-state index contributed by atoms with van der Waals surface area (Å²) in [4.78, 5) is 12.6. The number of hydrogen-bond donors (Lipinski definition) is 0. The predicted molar refractivity (Wildman–Crippen MR) is 74.9 cm³/mol. The lowest BCUT2D eigenvalue weighted by Gasteiger charge is -2.11.